The summed E-state index contributed by atoms with van der Waals surface area (Å²) >= 11 is 5.85. The smallest absolute Gasteiger partial charge is 0.255 e. The van der Waals surface area contributed by atoms with Gasteiger partial charge in [-0.2, -0.15) is 4.31 Å². The molecule has 0 unspecified atom stereocenters. The molecule has 0 radical (unpaired) electrons. The Morgan fingerprint density at radius 1 is 1.03 bits per heavy atom. The predicted molar refractivity (Wildman–Crippen MR) is 117 cm³/mol. The highest BCUT2D eigenvalue weighted by molar-refractivity contribution is 7.89. The number of sulfonamides is 1. The molecule has 8 heteroatoms. The number of carbonyl (C=O) groups excluding carboxylic acids is 1. The zero-order chi connectivity index (χ0) is 21.7. The number of benzene rings is 3. The minimum Gasteiger partial charge on any atom is -0.496 e. The minimum atomic E-state index is -3.74. The standard InChI is InChI=1S/C22H21ClN2O4S/c1-25(30(27,28)20-11-9-18(23)10-12-20)15-17-14-16(8-13-21(17)29-2)22(26)24-19-6-4-3-5-7-19/h3-14H,15H2,1-2H3,(H,24,26). The van der Waals surface area contributed by atoms with E-state index in [0.29, 0.717) is 27.6 Å². The number of halogens is 1. The highest BCUT2D eigenvalue weighted by Gasteiger charge is 2.22. The molecule has 0 aliphatic rings. The second kappa shape index (κ2) is 9.30. The molecule has 156 valence electrons. The van der Waals surface area contributed by atoms with Crippen LogP contribution in [0.25, 0.3) is 0 Å². The van der Waals surface area contributed by atoms with Crippen LogP contribution in [0.3, 0.4) is 0 Å². The second-order valence-corrected chi connectivity index (χ2v) is 9.04. The van der Waals surface area contributed by atoms with Crippen molar-refractivity contribution in [2.75, 3.05) is 19.5 Å². The van der Waals surface area contributed by atoms with E-state index in [4.69, 9.17) is 16.3 Å². The fraction of sp³-hybridized carbons (Fsp3) is 0.136. The summed E-state index contributed by atoms with van der Waals surface area (Å²) in [6.45, 7) is 0.0284. The van der Waals surface area contributed by atoms with Crippen LogP contribution in [0, 0.1) is 0 Å². The number of amides is 1. The van der Waals surface area contributed by atoms with Crippen LogP contribution in [0.4, 0.5) is 5.69 Å². The number of para-hydroxylation sites is 1. The lowest BCUT2D eigenvalue weighted by molar-refractivity contribution is 0.102. The van der Waals surface area contributed by atoms with E-state index in [1.54, 1.807) is 30.3 Å². The lowest BCUT2D eigenvalue weighted by Crippen LogP contribution is -2.27. The van der Waals surface area contributed by atoms with Crippen LogP contribution in [0.1, 0.15) is 15.9 Å². The number of ether oxygens (including phenoxy) is 1. The van der Waals surface area contributed by atoms with E-state index < -0.39 is 10.0 Å². The molecule has 0 saturated carbocycles. The summed E-state index contributed by atoms with van der Waals surface area (Å²) in [4.78, 5) is 12.7. The first kappa shape index (κ1) is 21.8. The van der Waals surface area contributed by atoms with Crippen LogP contribution in [-0.4, -0.2) is 32.8 Å². The molecule has 0 bridgehead atoms. The van der Waals surface area contributed by atoms with Crippen LogP contribution < -0.4 is 10.1 Å². The van der Waals surface area contributed by atoms with Gasteiger partial charge in [-0.05, 0) is 54.6 Å². The largest absolute Gasteiger partial charge is 0.496 e. The Morgan fingerprint density at radius 3 is 2.33 bits per heavy atom. The van der Waals surface area contributed by atoms with E-state index in [1.165, 1.54) is 42.7 Å². The first-order valence-corrected chi connectivity index (χ1v) is 10.9. The molecule has 30 heavy (non-hydrogen) atoms. The number of nitrogens with one attached hydrogen (secondary N) is 1. The van der Waals surface area contributed by atoms with Gasteiger partial charge in [0, 0.05) is 35.4 Å². The Hall–Kier alpha value is -2.87. The predicted octanol–water partition coefficient (Wildman–Crippen LogP) is 4.42. The number of hydrogen-bond donors (Lipinski definition) is 1. The van der Waals surface area contributed by atoms with E-state index in [2.05, 4.69) is 5.32 Å². The van der Waals surface area contributed by atoms with Crippen LogP contribution in [0.5, 0.6) is 5.75 Å². The van der Waals surface area contributed by atoms with Crippen molar-refractivity contribution < 1.29 is 17.9 Å². The summed E-state index contributed by atoms with van der Waals surface area (Å²) in [5, 5.41) is 3.27. The number of rotatable bonds is 7. The van der Waals surface area contributed by atoms with Crippen molar-refractivity contribution in [3.63, 3.8) is 0 Å². The summed E-state index contributed by atoms with van der Waals surface area (Å²) in [6, 6.07) is 20.0. The average molecular weight is 445 g/mol. The van der Waals surface area contributed by atoms with Gasteiger partial charge >= 0.3 is 0 Å². The molecular weight excluding hydrogens is 424 g/mol. The molecule has 3 aromatic carbocycles. The highest BCUT2D eigenvalue weighted by atomic mass is 35.5. The lowest BCUT2D eigenvalue weighted by Gasteiger charge is -2.19. The van der Waals surface area contributed by atoms with Gasteiger partial charge in [-0.3, -0.25) is 4.79 Å². The SMILES string of the molecule is COc1ccc(C(=O)Nc2ccccc2)cc1CN(C)S(=O)(=O)c1ccc(Cl)cc1. The molecule has 3 aromatic rings. The molecule has 0 spiro atoms. The fourth-order valence-electron chi connectivity index (χ4n) is 2.88. The summed E-state index contributed by atoms with van der Waals surface area (Å²) < 4.78 is 32.3. The molecule has 3 rings (SSSR count). The highest BCUT2D eigenvalue weighted by Crippen LogP contribution is 2.25. The van der Waals surface area contributed by atoms with Crippen molar-refractivity contribution in [1.29, 1.82) is 0 Å². The quantitative estimate of drug-likeness (QED) is 0.585. The Morgan fingerprint density at radius 2 is 1.70 bits per heavy atom. The van der Waals surface area contributed by atoms with Crippen molar-refractivity contribution in [3.05, 3.63) is 88.9 Å². The van der Waals surface area contributed by atoms with Crippen molar-refractivity contribution >= 4 is 33.2 Å². The van der Waals surface area contributed by atoms with E-state index in [1.807, 2.05) is 18.2 Å². The molecule has 0 aromatic heterocycles. The van der Waals surface area contributed by atoms with E-state index in [9.17, 15) is 13.2 Å². The molecule has 0 aliphatic heterocycles. The van der Waals surface area contributed by atoms with Gasteiger partial charge in [0.2, 0.25) is 10.0 Å². The first-order valence-electron chi connectivity index (χ1n) is 9.06. The molecule has 6 nitrogen and oxygen atoms in total. The molecular formula is C22H21ClN2O4S. The fourth-order valence-corrected chi connectivity index (χ4v) is 4.15. The molecule has 1 amide bonds. The van der Waals surface area contributed by atoms with Crippen LogP contribution in [0.15, 0.2) is 77.7 Å². The van der Waals surface area contributed by atoms with E-state index in [0.717, 1.165) is 0 Å². The van der Waals surface area contributed by atoms with Gasteiger partial charge in [0.05, 0.1) is 12.0 Å². The number of anilines is 1. The third kappa shape index (κ3) is 4.99. The number of nitrogens with zero attached hydrogens (tertiary/aromatic N) is 1. The number of carbonyl (C=O) groups is 1. The summed E-state index contributed by atoms with van der Waals surface area (Å²) in [5.41, 5.74) is 1.63. The van der Waals surface area contributed by atoms with Crippen molar-refractivity contribution in [2.45, 2.75) is 11.4 Å². The van der Waals surface area contributed by atoms with Crippen molar-refractivity contribution in [1.82, 2.24) is 4.31 Å². The monoisotopic (exact) mass is 444 g/mol. The maximum absolute atomic E-state index is 12.9. The number of methoxy groups -OCH3 is 1. The molecule has 0 aliphatic carbocycles. The van der Waals surface area contributed by atoms with Gasteiger partial charge in [0.15, 0.2) is 0 Å². The first-order chi connectivity index (χ1) is 14.3. The summed E-state index contributed by atoms with van der Waals surface area (Å²) in [6.07, 6.45) is 0. The van der Waals surface area contributed by atoms with Crippen LogP contribution >= 0.6 is 11.6 Å². The maximum Gasteiger partial charge on any atom is 0.255 e. The third-order valence-corrected chi connectivity index (χ3v) is 6.56. The Labute approximate surface area is 181 Å². The number of hydrogen-bond acceptors (Lipinski definition) is 4. The van der Waals surface area contributed by atoms with Crippen molar-refractivity contribution in [3.8, 4) is 5.75 Å². The average Bonchev–Trinajstić information content (AvgIpc) is 2.74. The zero-order valence-corrected chi connectivity index (χ0v) is 18.1. The zero-order valence-electron chi connectivity index (χ0n) is 16.5. The second-order valence-electron chi connectivity index (χ2n) is 6.56. The Bertz CT molecular complexity index is 1130. The molecule has 0 atom stereocenters. The van der Waals surface area contributed by atoms with Gasteiger partial charge in [-0.1, -0.05) is 29.8 Å². The van der Waals surface area contributed by atoms with E-state index in [-0.39, 0.29) is 17.3 Å². The van der Waals surface area contributed by atoms with E-state index >= 15 is 0 Å². The molecule has 0 fully saturated rings. The van der Waals surface area contributed by atoms with Gasteiger partial charge in [-0.25, -0.2) is 8.42 Å². The van der Waals surface area contributed by atoms with Crippen LogP contribution in [-0.2, 0) is 16.6 Å². The van der Waals surface area contributed by atoms with Crippen LogP contribution in [0.2, 0.25) is 5.02 Å². The molecule has 1 N–H and O–H groups in total. The Kier molecular flexibility index (Phi) is 6.77. The normalized spacial score (nSPS) is 11.3. The lowest BCUT2D eigenvalue weighted by atomic mass is 10.1. The minimum absolute atomic E-state index is 0.0284. The van der Waals surface area contributed by atoms with Gasteiger partial charge in [0.1, 0.15) is 5.75 Å². The molecule has 0 heterocycles. The maximum atomic E-state index is 12.9. The van der Waals surface area contributed by atoms with Gasteiger partial charge in [-0.15, -0.1) is 0 Å². The summed E-state index contributed by atoms with van der Waals surface area (Å²) in [7, 11) is -0.773. The third-order valence-electron chi connectivity index (χ3n) is 4.49. The Balaban J connectivity index is 1.84. The van der Waals surface area contributed by atoms with Crippen molar-refractivity contribution in [2.24, 2.45) is 0 Å². The topological polar surface area (TPSA) is 75.7 Å². The molecule has 0 saturated heterocycles. The summed E-state index contributed by atoms with van der Waals surface area (Å²) in [5.74, 6) is 0.192. The van der Waals surface area contributed by atoms with Gasteiger partial charge in [0.25, 0.3) is 5.91 Å². The van der Waals surface area contributed by atoms with Gasteiger partial charge < -0.3 is 10.1 Å².